The highest BCUT2D eigenvalue weighted by atomic mass is 32.2. The van der Waals surface area contributed by atoms with Crippen molar-refractivity contribution in [3.05, 3.63) is 0 Å². The molecule has 1 unspecified atom stereocenters. The molecule has 0 aromatic heterocycles. The van der Waals surface area contributed by atoms with Gasteiger partial charge in [-0.3, -0.25) is 4.90 Å². The van der Waals surface area contributed by atoms with Gasteiger partial charge >= 0.3 is 0 Å². The molecule has 2 N–H and O–H groups in total. The Bertz CT molecular complexity index is 212. The lowest BCUT2D eigenvalue weighted by molar-refractivity contribution is 0.0421. The van der Waals surface area contributed by atoms with Crippen LogP contribution in [0.25, 0.3) is 0 Å². The standard InChI is InChI=1S/C14H30N2S/c1-5-13-6-8-14(11-15,9-7-13)16(3)12(2)10-17-4/h12-13H,5-11,15H2,1-4H3. The van der Waals surface area contributed by atoms with Gasteiger partial charge in [-0.1, -0.05) is 13.3 Å². The second kappa shape index (κ2) is 7.01. The lowest BCUT2D eigenvalue weighted by Gasteiger charge is -2.48. The number of nitrogens with two attached hydrogens (primary N) is 1. The normalized spacial score (nSPS) is 31.8. The van der Waals surface area contributed by atoms with E-state index in [9.17, 15) is 0 Å². The average Bonchev–Trinajstić information content (AvgIpc) is 2.38. The van der Waals surface area contributed by atoms with E-state index in [-0.39, 0.29) is 5.54 Å². The Labute approximate surface area is 112 Å². The number of thioether (sulfide) groups is 1. The number of hydrogen-bond donors (Lipinski definition) is 1. The lowest BCUT2D eigenvalue weighted by atomic mass is 9.74. The van der Waals surface area contributed by atoms with Crippen LogP contribution in [0, 0.1) is 5.92 Å². The first kappa shape index (κ1) is 15.3. The molecule has 1 saturated carbocycles. The van der Waals surface area contributed by atoms with Crippen molar-refractivity contribution in [2.75, 3.05) is 25.6 Å². The molecule has 0 saturated heterocycles. The Hall–Kier alpha value is 0.270. The van der Waals surface area contributed by atoms with Crippen LogP contribution in [-0.4, -0.2) is 42.1 Å². The molecule has 3 heteroatoms. The van der Waals surface area contributed by atoms with E-state index in [4.69, 9.17) is 5.73 Å². The molecule has 0 radical (unpaired) electrons. The highest BCUT2D eigenvalue weighted by molar-refractivity contribution is 7.98. The zero-order valence-electron chi connectivity index (χ0n) is 12.0. The van der Waals surface area contributed by atoms with E-state index in [1.807, 2.05) is 11.8 Å². The maximum Gasteiger partial charge on any atom is 0.0332 e. The van der Waals surface area contributed by atoms with Crippen LogP contribution in [0.1, 0.15) is 46.0 Å². The van der Waals surface area contributed by atoms with Gasteiger partial charge in [-0.25, -0.2) is 0 Å². The van der Waals surface area contributed by atoms with Gasteiger partial charge in [0.1, 0.15) is 0 Å². The Balaban J connectivity index is 2.63. The van der Waals surface area contributed by atoms with Crippen LogP contribution in [0.3, 0.4) is 0 Å². The van der Waals surface area contributed by atoms with Gasteiger partial charge in [0.25, 0.3) is 0 Å². The van der Waals surface area contributed by atoms with Gasteiger partial charge in [0.2, 0.25) is 0 Å². The number of rotatable bonds is 6. The molecule has 0 heterocycles. The van der Waals surface area contributed by atoms with Crippen molar-refractivity contribution in [1.29, 1.82) is 0 Å². The van der Waals surface area contributed by atoms with Crippen molar-refractivity contribution in [2.45, 2.75) is 57.5 Å². The quantitative estimate of drug-likeness (QED) is 0.794. The summed E-state index contributed by atoms with van der Waals surface area (Å²) in [6.07, 6.45) is 8.83. The maximum atomic E-state index is 6.11. The Morgan fingerprint density at radius 1 is 1.41 bits per heavy atom. The average molecular weight is 258 g/mol. The van der Waals surface area contributed by atoms with E-state index >= 15 is 0 Å². The van der Waals surface area contributed by atoms with Crippen LogP contribution in [0.4, 0.5) is 0 Å². The fourth-order valence-corrected chi connectivity index (χ4v) is 3.85. The summed E-state index contributed by atoms with van der Waals surface area (Å²) in [4.78, 5) is 2.56. The van der Waals surface area contributed by atoms with Crippen LogP contribution in [0.15, 0.2) is 0 Å². The van der Waals surface area contributed by atoms with Crippen LogP contribution < -0.4 is 5.73 Å². The molecular formula is C14H30N2S. The number of nitrogens with zero attached hydrogens (tertiary/aromatic N) is 1. The van der Waals surface area contributed by atoms with Gasteiger partial charge in [-0.05, 0) is 51.8 Å². The molecule has 0 spiro atoms. The minimum absolute atomic E-state index is 0.279. The third kappa shape index (κ3) is 3.62. The molecule has 0 aromatic carbocycles. The first-order valence-corrected chi connectivity index (χ1v) is 8.41. The SMILES string of the molecule is CCC1CCC(CN)(N(C)C(C)CSC)CC1. The minimum atomic E-state index is 0.279. The molecule has 2 nitrogen and oxygen atoms in total. The predicted octanol–water partition coefficient (Wildman–Crippen LogP) is 2.97. The smallest absolute Gasteiger partial charge is 0.0332 e. The maximum absolute atomic E-state index is 6.11. The Kier molecular flexibility index (Phi) is 6.32. The molecule has 1 fully saturated rings. The molecule has 0 bridgehead atoms. The summed E-state index contributed by atoms with van der Waals surface area (Å²) in [5.74, 6) is 2.15. The first-order valence-electron chi connectivity index (χ1n) is 7.01. The monoisotopic (exact) mass is 258 g/mol. The van der Waals surface area contributed by atoms with Gasteiger partial charge in [0.05, 0.1) is 0 Å². The number of likely N-dealkylation sites (N-methyl/N-ethyl adjacent to an activating group) is 1. The van der Waals surface area contributed by atoms with E-state index in [0.717, 1.165) is 12.5 Å². The zero-order chi connectivity index (χ0) is 12.9. The predicted molar refractivity (Wildman–Crippen MR) is 79.6 cm³/mol. The Morgan fingerprint density at radius 2 is 2.00 bits per heavy atom. The van der Waals surface area contributed by atoms with Crippen molar-refractivity contribution in [2.24, 2.45) is 11.7 Å². The summed E-state index contributed by atoms with van der Waals surface area (Å²) in [7, 11) is 2.28. The number of hydrogen-bond acceptors (Lipinski definition) is 3. The van der Waals surface area contributed by atoms with Crippen LogP contribution >= 0.6 is 11.8 Å². The second-order valence-corrected chi connectivity index (χ2v) is 6.61. The van der Waals surface area contributed by atoms with Gasteiger partial charge in [0, 0.05) is 23.9 Å². The molecule has 1 aliphatic carbocycles. The van der Waals surface area contributed by atoms with E-state index in [2.05, 4.69) is 32.1 Å². The van der Waals surface area contributed by atoms with E-state index < -0.39 is 0 Å². The fourth-order valence-electron chi connectivity index (χ4n) is 3.14. The van der Waals surface area contributed by atoms with Crippen molar-refractivity contribution in [1.82, 2.24) is 4.90 Å². The summed E-state index contributed by atoms with van der Waals surface area (Å²) < 4.78 is 0. The second-order valence-electron chi connectivity index (χ2n) is 5.70. The largest absolute Gasteiger partial charge is 0.329 e. The lowest BCUT2D eigenvalue weighted by Crippen LogP contribution is -2.57. The van der Waals surface area contributed by atoms with Crippen LogP contribution in [-0.2, 0) is 0 Å². The summed E-state index contributed by atoms with van der Waals surface area (Å²) in [5, 5.41) is 0. The molecule has 0 amide bonds. The topological polar surface area (TPSA) is 29.3 Å². The summed E-state index contributed by atoms with van der Waals surface area (Å²) in [6.45, 7) is 5.47. The zero-order valence-corrected chi connectivity index (χ0v) is 12.9. The van der Waals surface area contributed by atoms with Crippen LogP contribution in [0.5, 0.6) is 0 Å². The highest BCUT2D eigenvalue weighted by Crippen LogP contribution is 2.37. The molecule has 1 atom stereocenters. The van der Waals surface area contributed by atoms with Crippen LogP contribution in [0.2, 0.25) is 0 Å². The summed E-state index contributed by atoms with van der Waals surface area (Å²) in [5.41, 5.74) is 6.39. The molecular weight excluding hydrogens is 228 g/mol. The third-order valence-corrected chi connectivity index (χ3v) is 5.63. The van der Waals surface area contributed by atoms with E-state index in [1.54, 1.807) is 0 Å². The highest BCUT2D eigenvalue weighted by Gasteiger charge is 2.38. The molecule has 17 heavy (non-hydrogen) atoms. The van der Waals surface area contributed by atoms with Crippen molar-refractivity contribution in [3.8, 4) is 0 Å². The first-order chi connectivity index (χ1) is 8.09. The molecule has 0 aromatic rings. The van der Waals surface area contributed by atoms with E-state index in [1.165, 1.54) is 37.9 Å². The molecule has 1 rings (SSSR count). The molecule has 102 valence electrons. The van der Waals surface area contributed by atoms with Crippen molar-refractivity contribution < 1.29 is 0 Å². The third-order valence-electron chi connectivity index (χ3n) is 4.81. The van der Waals surface area contributed by atoms with Gasteiger partial charge < -0.3 is 5.73 Å². The summed E-state index contributed by atoms with van der Waals surface area (Å²) >= 11 is 1.93. The Morgan fingerprint density at radius 3 is 2.41 bits per heavy atom. The van der Waals surface area contributed by atoms with Crippen molar-refractivity contribution in [3.63, 3.8) is 0 Å². The molecule has 1 aliphatic rings. The van der Waals surface area contributed by atoms with E-state index in [0.29, 0.717) is 6.04 Å². The van der Waals surface area contributed by atoms with Crippen molar-refractivity contribution >= 4 is 11.8 Å². The van der Waals surface area contributed by atoms with Gasteiger partial charge in [0.15, 0.2) is 0 Å². The summed E-state index contributed by atoms with van der Waals surface area (Å²) in [6, 6.07) is 0.631. The van der Waals surface area contributed by atoms with Gasteiger partial charge in [-0.15, -0.1) is 0 Å². The fraction of sp³-hybridized carbons (Fsp3) is 1.00. The molecule has 0 aliphatic heterocycles. The minimum Gasteiger partial charge on any atom is -0.329 e. The van der Waals surface area contributed by atoms with Gasteiger partial charge in [-0.2, -0.15) is 11.8 Å².